The summed E-state index contributed by atoms with van der Waals surface area (Å²) in [6.07, 6.45) is 3.08. The lowest BCUT2D eigenvalue weighted by Crippen LogP contribution is -2.06. The lowest BCUT2D eigenvalue weighted by molar-refractivity contribution is -0.385. The summed E-state index contributed by atoms with van der Waals surface area (Å²) in [5, 5.41) is 11.3. The predicted molar refractivity (Wildman–Crippen MR) is 112 cm³/mol. The van der Waals surface area contributed by atoms with Gasteiger partial charge >= 0.3 is 5.97 Å². The van der Waals surface area contributed by atoms with Gasteiger partial charge in [0, 0.05) is 17.2 Å². The molecule has 0 bridgehead atoms. The molecule has 8 nitrogen and oxygen atoms in total. The first-order valence-corrected chi connectivity index (χ1v) is 9.11. The molecule has 1 heterocycles. The molecule has 2 aromatic carbocycles. The molecule has 0 aromatic heterocycles. The number of benzene rings is 2. The first-order valence-electron chi connectivity index (χ1n) is 8.73. The zero-order chi connectivity index (χ0) is 21.8. The minimum absolute atomic E-state index is 0.0278. The summed E-state index contributed by atoms with van der Waals surface area (Å²) in [6.45, 7) is 5.44. The van der Waals surface area contributed by atoms with Crippen molar-refractivity contribution in [3.05, 3.63) is 80.5 Å². The van der Waals surface area contributed by atoms with Crippen LogP contribution in [-0.4, -0.2) is 30.5 Å². The fraction of sp³-hybridized carbons (Fsp3) is 0.143. The van der Waals surface area contributed by atoms with Crippen LogP contribution in [0.2, 0.25) is 5.02 Å². The van der Waals surface area contributed by atoms with E-state index < -0.39 is 10.9 Å². The Morgan fingerprint density at radius 2 is 2.10 bits per heavy atom. The number of rotatable bonds is 7. The van der Waals surface area contributed by atoms with Crippen LogP contribution in [0.15, 0.2) is 53.7 Å². The van der Waals surface area contributed by atoms with Crippen molar-refractivity contribution in [1.29, 1.82) is 0 Å². The van der Waals surface area contributed by atoms with E-state index in [0.29, 0.717) is 33.2 Å². The Kier molecular flexibility index (Phi) is 6.17. The molecule has 0 atom stereocenters. The number of nitro groups is 1. The van der Waals surface area contributed by atoms with E-state index in [1.54, 1.807) is 31.2 Å². The smallest absolute Gasteiger partial charge is 0.363 e. The van der Waals surface area contributed by atoms with Crippen molar-refractivity contribution in [3.63, 3.8) is 0 Å². The molecule has 1 aliphatic rings. The average molecular weight is 429 g/mol. The Morgan fingerprint density at radius 1 is 1.33 bits per heavy atom. The molecule has 1 aliphatic heterocycles. The second kappa shape index (κ2) is 8.79. The Labute approximate surface area is 177 Å². The van der Waals surface area contributed by atoms with Crippen LogP contribution in [0.4, 0.5) is 5.69 Å². The van der Waals surface area contributed by atoms with E-state index in [4.69, 9.17) is 25.8 Å². The van der Waals surface area contributed by atoms with Crippen molar-refractivity contribution in [2.24, 2.45) is 4.99 Å². The Morgan fingerprint density at radius 3 is 2.73 bits per heavy atom. The fourth-order valence-electron chi connectivity index (χ4n) is 2.79. The Bertz CT molecular complexity index is 1110. The number of hydrogen-bond acceptors (Lipinski definition) is 7. The minimum atomic E-state index is -0.650. The van der Waals surface area contributed by atoms with Gasteiger partial charge in [-0.1, -0.05) is 24.3 Å². The number of cyclic esters (lactones) is 1. The Hall–Kier alpha value is -3.65. The van der Waals surface area contributed by atoms with Crippen LogP contribution in [0.3, 0.4) is 0 Å². The highest BCUT2D eigenvalue weighted by Gasteiger charge is 2.25. The van der Waals surface area contributed by atoms with E-state index in [-0.39, 0.29) is 23.9 Å². The summed E-state index contributed by atoms with van der Waals surface area (Å²) in [5.74, 6) is 0.162. The number of esters is 1. The molecular weight excluding hydrogens is 412 g/mol. The van der Waals surface area contributed by atoms with Gasteiger partial charge in [-0.3, -0.25) is 10.1 Å². The topological polar surface area (TPSA) is 100 Å². The number of carbonyl (C=O) groups excluding carboxylic acids is 1. The van der Waals surface area contributed by atoms with Crippen molar-refractivity contribution >= 4 is 35.2 Å². The van der Waals surface area contributed by atoms with Gasteiger partial charge in [-0.25, -0.2) is 9.79 Å². The highest BCUT2D eigenvalue weighted by molar-refractivity contribution is 6.32. The zero-order valence-corrected chi connectivity index (χ0v) is 16.9. The van der Waals surface area contributed by atoms with E-state index in [1.807, 2.05) is 0 Å². The van der Waals surface area contributed by atoms with Crippen molar-refractivity contribution in [2.45, 2.75) is 6.92 Å². The minimum Gasteiger partial charge on any atom is -0.493 e. The standard InChI is InChI=1S/C21H17ClN2O6/c1-4-7-29-19-15(22)9-13(11-18(19)28-3)10-16-21(25)30-20(23-16)14-5-6-17(24(26)27)12(2)8-14/h4-6,8-11H,1,7H2,2-3H3/b16-10-. The molecule has 2 aromatic rings. The van der Waals surface area contributed by atoms with E-state index >= 15 is 0 Å². The maximum Gasteiger partial charge on any atom is 0.363 e. The third kappa shape index (κ3) is 4.33. The molecular formula is C21H17ClN2O6. The normalized spacial score (nSPS) is 14.3. The van der Waals surface area contributed by atoms with Gasteiger partial charge in [-0.15, -0.1) is 0 Å². The van der Waals surface area contributed by atoms with Gasteiger partial charge in [0.05, 0.1) is 17.1 Å². The molecule has 0 radical (unpaired) electrons. The molecule has 0 aliphatic carbocycles. The number of nitrogens with zero attached hydrogens (tertiary/aromatic N) is 2. The highest BCUT2D eigenvalue weighted by atomic mass is 35.5. The van der Waals surface area contributed by atoms with Crippen LogP contribution in [0.1, 0.15) is 16.7 Å². The second-order valence-corrected chi connectivity index (χ2v) is 6.64. The van der Waals surface area contributed by atoms with Gasteiger partial charge < -0.3 is 14.2 Å². The van der Waals surface area contributed by atoms with Crippen molar-refractivity contribution in [1.82, 2.24) is 0 Å². The van der Waals surface area contributed by atoms with Crippen molar-refractivity contribution < 1.29 is 23.9 Å². The number of carbonyl (C=O) groups is 1. The molecule has 0 saturated carbocycles. The summed E-state index contributed by atoms with van der Waals surface area (Å²) in [5.41, 5.74) is 1.47. The van der Waals surface area contributed by atoms with Crippen LogP contribution in [0, 0.1) is 17.0 Å². The summed E-state index contributed by atoms with van der Waals surface area (Å²) in [7, 11) is 1.47. The number of aryl methyl sites for hydroxylation is 1. The van der Waals surface area contributed by atoms with Gasteiger partial charge in [-0.05, 0) is 42.8 Å². The summed E-state index contributed by atoms with van der Waals surface area (Å²) in [6, 6.07) is 7.61. The maximum atomic E-state index is 12.3. The Balaban J connectivity index is 1.94. The van der Waals surface area contributed by atoms with Crippen molar-refractivity contribution in [3.8, 4) is 11.5 Å². The summed E-state index contributed by atoms with van der Waals surface area (Å²) in [4.78, 5) is 27.0. The lowest BCUT2D eigenvalue weighted by Gasteiger charge is -2.12. The molecule has 30 heavy (non-hydrogen) atoms. The maximum absolute atomic E-state index is 12.3. The highest BCUT2D eigenvalue weighted by Crippen LogP contribution is 2.37. The van der Waals surface area contributed by atoms with Gasteiger partial charge in [-0.2, -0.15) is 0 Å². The van der Waals surface area contributed by atoms with E-state index in [0.717, 1.165) is 0 Å². The quantitative estimate of drug-likeness (QED) is 0.212. The number of nitro benzene ring substituents is 1. The van der Waals surface area contributed by atoms with E-state index in [2.05, 4.69) is 11.6 Å². The predicted octanol–water partition coefficient (Wildman–Crippen LogP) is 4.47. The molecule has 0 fully saturated rings. The molecule has 154 valence electrons. The van der Waals surface area contributed by atoms with Gasteiger partial charge in [0.2, 0.25) is 5.90 Å². The van der Waals surface area contributed by atoms with Crippen LogP contribution in [0.25, 0.3) is 6.08 Å². The monoisotopic (exact) mass is 428 g/mol. The first-order chi connectivity index (χ1) is 14.3. The van der Waals surface area contributed by atoms with Gasteiger partial charge in [0.15, 0.2) is 17.2 Å². The van der Waals surface area contributed by atoms with Crippen LogP contribution in [-0.2, 0) is 9.53 Å². The molecule has 0 amide bonds. The molecule has 0 unspecified atom stereocenters. The van der Waals surface area contributed by atoms with E-state index in [9.17, 15) is 14.9 Å². The fourth-order valence-corrected chi connectivity index (χ4v) is 3.06. The largest absolute Gasteiger partial charge is 0.493 e. The molecule has 3 rings (SSSR count). The average Bonchev–Trinajstić information content (AvgIpc) is 3.06. The molecule has 0 N–H and O–H groups in total. The lowest BCUT2D eigenvalue weighted by atomic mass is 10.1. The van der Waals surface area contributed by atoms with E-state index in [1.165, 1.54) is 25.3 Å². The van der Waals surface area contributed by atoms with Crippen LogP contribution >= 0.6 is 11.6 Å². The van der Waals surface area contributed by atoms with Gasteiger partial charge in [0.25, 0.3) is 5.69 Å². The molecule has 0 saturated heterocycles. The molecule has 0 spiro atoms. The first kappa shape index (κ1) is 21.1. The number of ether oxygens (including phenoxy) is 3. The zero-order valence-electron chi connectivity index (χ0n) is 16.2. The van der Waals surface area contributed by atoms with Crippen LogP contribution in [0.5, 0.6) is 11.5 Å². The van der Waals surface area contributed by atoms with Crippen molar-refractivity contribution in [2.75, 3.05) is 13.7 Å². The van der Waals surface area contributed by atoms with Gasteiger partial charge in [0.1, 0.15) is 6.61 Å². The third-order valence-electron chi connectivity index (χ3n) is 4.16. The SMILES string of the molecule is C=CCOc1c(Cl)cc(/C=C2\N=C(c3ccc([N+](=O)[O-])c(C)c3)OC2=O)cc1OC. The summed E-state index contributed by atoms with van der Waals surface area (Å²) >= 11 is 6.28. The van der Waals surface area contributed by atoms with Crippen LogP contribution < -0.4 is 9.47 Å². The number of methoxy groups -OCH3 is 1. The number of aliphatic imine (C=N–C) groups is 1. The third-order valence-corrected chi connectivity index (χ3v) is 4.44. The second-order valence-electron chi connectivity index (χ2n) is 6.23. The molecule has 9 heteroatoms. The number of hydrogen-bond donors (Lipinski definition) is 0. The summed E-state index contributed by atoms with van der Waals surface area (Å²) < 4.78 is 16.0. The number of halogens is 1.